The van der Waals surface area contributed by atoms with Gasteiger partial charge in [0, 0.05) is 18.4 Å². The average molecular weight is 300 g/mol. The van der Waals surface area contributed by atoms with E-state index in [9.17, 15) is 9.90 Å². The molecule has 1 atom stereocenters. The summed E-state index contributed by atoms with van der Waals surface area (Å²) < 4.78 is 10.4. The normalized spacial score (nSPS) is 10.5. The van der Waals surface area contributed by atoms with Crippen LogP contribution in [0.3, 0.4) is 0 Å². The molecule has 0 saturated carbocycles. The van der Waals surface area contributed by atoms with Crippen LogP contribution in [0.2, 0.25) is 0 Å². The number of benzene rings is 1. The summed E-state index contributed by atoms with van der Waals surface area (Å²) >= 11 is 0. The van der Waals surface area contributed by atoms with Crippen LogP contribution in [-0.2, 0) is 4.74 Å². The highest BCUT2D eigenvalue weighted by atomic mass is 16.6. The number of rotatable bonds is 4. The number of carbonyl (C=O) groups excluding carboxylic acids is 1. The number of hydrogen-bond acceptors (Lipinski definition) is 4. The highest BCUT2D eigenvalue weighted by Crippen LogP contribution is 2.22. The lowest BCUT2D eigenvalue weighted by atomic mass is 10.1. The minimum absolute atomic E-state index is 0.262. The summed E-state index contributed by atoms with van der Waals surface area (Å²) in [5, 5.41) is 9.51. The van der Waals surface area contributed by atoms with E-state index in [0.717, 1.165) is 6.42 Å². The molecule has 1 N–H and O–H groups in total. The molecule has 4 heteroatoms. The van der Waals surface area contributed by atoms with Crippen molar-refractivity contribution < 1.29 is 19.4 Å². The largest absolute Gasteiger partial charge is 0.481 e. The maximum atomic E-state index is 12.0. The van der Waals surface area contributed by atoms with Crippen molar-refractivity contribution in [3.05, 3.63) is 29.3 Å². The Morgan fingerprint density at radius 2 is 1.95 bits per heavy atom. The minimum atomic E-state index is -1.42. The fourth-order valence-corrected chi connectivity index (χ4v) is 1.67. The summed E-state index contributed by atoms with van der Waals surface area (Å²) in [6.07, 6.45) is -0.0759. The highest BCUT2D eigenvalue weighted by molar-refractivity contribution is 5.92. The Bertz CT molecular complexity index is 626. The Morgan fingerprint density at radius 3 is 2.64 bits per heavy atom. The van der Waals surface area contributed by atoms with Gasteiger partial charge in [0.25, 0.3) is 6.29 Å². The van der Waals surface area contributed by atoms with Crippen LogP contribution in [0.1, 0.15) is 42.6 Å². The summed E-state index contributed by atoms with van der Waals surface area (Å²) in [6.45, 7) is 5.82. The molecule has 116 valence electrons. The number of hydrogen-bond donors (Lipinski definition) is 1. The van der Waals surface area contributed by atoms with Crippen molar-refractivity contribution in [1.29, 1.82) is 0 Å². The van der Waals surface area contributed by atoms with Crippen LogP contribution < -0.4 is 4.74 Å². The summed E-state index contributed by atoms with van der Waals surface area (Å²) in [5.41, 5.74) is 0.972. The number of aliphatic hydroxyl groups excluding tert-OH is 1. The number of esters is 1. The van der Waals surface area contributed by atoms with Crippen molar-refractivity contribution in [1.82, 2.24) is 0 Å². The summed E-state index contributed by atoms with van der Waals surface area (Å²) in [7, 11) is 0. The lowest BCUT2D eigenvalue weighted by Gasteiger charge is -2.11. The van der Waals surface area contributed by atoms with Crippen LogP contribution in [0.5, 0.6) is 5.75 Å². The van der Waals surface area contributed by atoms with E-state index in [1.807, 2.05) is 13.8 Å². The monoisotopic (exact) mass is 300 g/mol. The maximum Gasteiger partial charge on any atom is 0.341 e. The Labute approximate surface area is 131 Å². The van der Waals surface area contributed by atoms with E-state index in [1.165, 1.54) is 0 Å². The molecule has 0 radical (unpaired) electrons. The fourth-order valence-electron chi connectivity index (χ4n) is 1.67. The molecule has 0 heterocycles. The van der Waals surface area contributed by atoms with Gasteiger partial charge in [0.1, 0.15) is 12.4 Å². The first-order chi connectivity index (χ1) is 10.6. The van der Waals surface area contributed by atoms with Gasteiger partial charge in [-0.2, -0.15) is 0 Å². The van der Waals surface area contributed by atoms with E-state index in [0.29, 0.717) is 23.3 Å². The molecule has 0 spiro atoms. The Balaban J connectivity index is 2.80. The van der Waals surface area contributed by atoms with Crippen molar-refractivity contribution in [3.63, 3.8) is 0 Å². The predicted octanol–water partition coefficient (Wildman–Crippen LogP) is 2.68. The second-order valence-corrected chi connectivity index (χ2v) is 4.36. The van der Waals surface area contributed by atoms with Gasteiger partial charge in [-0.1, -0.05) is 31.8 Å². The van der Waals surface area contributed by atoms with Gasteiger partial charge < -0.3 is 14.6 Å². The smallest absolute Gasteiger partial charge is 0.341 e. The molecule has 22 heavy (non-hydrogen) atoms. The third kappa shape index (κ3) is 5.52. The Kier molecular flexibility index (Phi) is 7.61. The molecule has 4 nitrogen and oxygen atoms in total. The standard InChI is InChI=1S/C18H20O4/c1-4-6-8-13-21-16-11-9-10-15(14(16)3)18(20)22-17(19)12-7-5-2/h9-11,17,19H,4-5,13H2,1-3H3. The van der Waals surface area contributed by atoms with Gasteiger partial charge in [-0.25, -0.2) is 4.79 Å². The van der Waals surface area contributed by atoms with Gasteiger partial charge in [0.2, 0.25) is 0 Å². The number of ether oxygens (including phenoxy) is 2. The molecule has 1 rings (SSSR count). The minimum Gasteiger partial charge on any atom is -0.481 e. The molecule has 0 aliphatic carbocycles. The van der Waals surface area contributed by atoms with Crippen LogP contribution in [-0.4, -0.2) is 24.0 Å². The van der Waals surface area contributed by atoms with Crippen molar-refractivity contribution in [3.8, 4) is 29.4 Å². The maximum absolute atomic E-state index is 12.0. The van der Waals surface area contributed by atoms with Gasteiger partial charge in [-0.05, 0) is 25.0 Å². The van der Waals surface area contributed by atoms with Gasteiger partial charge in [0.15, 0.2) is 0 Å². The molecule has 0 aliphatic heterocycles. The van der Waals surface area contributed by atoms with Crippen molar-refractivity contribution in [2.75, 3.05) is 6.61 Å². The molecule has 0 amide bonds. The Morgan fingerprint density at radius 1 is 1.23 bits per heavy atom. The van der Waals surface area contributed by atoms with Crippen LogP contribution >= 0.6 is 0 Å². The second kappa shape index (κ2) is 9.50. The van der Waals surface area contributed by atoms with Crippen LogP contribution in [0, 0.1) is 30.6 Å². The Hall–Kier alpha value is -2.43. The topological polar surface area (TPSA) is 55.8 Å². The van der Waals surface area contributed by atoms with E-state index in [1.54, 1.807) is 25.1 Å². The summed E-state index contributed by atoms with van der Waals surface area (Å²) in [4.78, 5) is 12.0. The lowest BCUT2D eigenvalue weighted by molar-refractivity contribution is -0.0299. The predicted molar refractivity (Wildman–Crippen MR) is 84.2 cm³/mol. The van der Waals surface area contributed by atoms with Crippen molar-refractivity contribution >= 4 is 5.97 Å². The molecule has 0 aliphatic rings. The second-order valence-electron chi connectivity index (χ2n) is 4.36. The van der Waals surface area contributed by atoms with Gasteiger partial charge in [-0.3, -0.25) is 0 Å². The highest BCUT2D eigenvalue weighted by Gasteiger charge is 2.16. The molecule has 0 bridgehead atoms. The first kappa shape index (κ1) is 17.6. The van der Waals surface area contributed by atoms with Gasteiger partial charge >= 0.3 is 5.97 Å². The number of aliphatic hydroxyl groups is 1. The molecule has 1 unspecified atom stereocenters. The zero-order valence-electron chi connectivity index (χ0n) is 13.1. The molecule has 1 aromatic carbocycles. The number of carbonyl (C=O) groups is 1. The molecular formula is C18H20O4. The summed E-state index contributed by atoms with van der Waals surface area (Å²) in [5.74, 6) is 10.8. The molecular weight excluding hydrogens is 280 g/mol. The van der Waals surface area contributed by atoms with E-state index >= 15 is 0 Å². The SMILES string of the molecule is CCC#CCOc1cccc(C(=O)OC(O)C#CCC)c1C. The molecule has 0 aromatic heterocycles. The first-order valence-electron chi connectivity index (χ1n) is 7.15. The first-order valence-corrected chi connectivity index (χ1v) is 7.15. The molecule has 1 aromatic rings. The third-order valence-electron chi connectivity index (χ3n) is 2.73. The third-order valence-corrected chi connectivity index (χ3v) is 2.73. The van der Waals surface area contributed by atoms with Crippen molar-refractivity contribution in [2.45, 2.75) is 39.9 Å². The lowest BCUT2D eigenvalue weighted by Crippen LogP contribution is -2.17. The van der Waals surface area contributed by atoms with Crippen LogP contribution in [0.4, 0.5) is 0 Å². The van der Waals surface area contributed by atoms with E-state index in [2.05, 4.69) is 23.7 Å². The molecule has 0 saturated heterocycles. The van der Waals surface area contributed by atoms with Gasteiger partial charge in [0.05, 0.1) is 5.56 Å². The van der Waals surface area contributed by atoms with Crippen LogP contribution in [0.25, 0.3) is 0 Å². The summed E-state index contributed by atoms with van der Waals surface area (Å²) in [6, 6.07) is 5.06. The van der Waals surface area contributed by atoms with Gasteiger partial charge in [-0.15, -0.1) is 5.92 Å². The van der Waals surface area contributed by atoms with E-state index < -0.39 is 12.3 Å². The van der Waals surface area contributed by atoms with Crippen LogP contribution in [0.15, 0.2) is 18.2 Å². The van der Waals surface area contributed by atoms with Crippen molar-refractivity contribution in [2.24, 2.45) is 0 Å². The average Bonchev–Trinajstić information content (AvgIpc) is 2.50. The van der Waals surface area contributed by atoms with E-state index in [4.69, 9.17) is 9.47 Å². The molecule has 0 fully saturated rings. The van der Waals surface area contributed by atoms with E-state index in [-0.39, 0.29) is 6.61 Å². The zero-order chi connectivity index (χ0) is 16.4. The quantitative estimate of drug-likeness (QED) is 0.528. The zero-order valence-corrected chi connectivity index (χ0v) is 13.1. The fraction of sp³-hybridized carbons (Fsp3) is 0.389.